The minimum Gasteiger partial charge on any atom is -0.309 e. The molecule has 0 saturated heterocycles. The van der Waals surface area contributed by atoms with Gasteiger partial charge in [-0.3, -0.25) is 0 Å². The van der Waals surface area contributed by atoms with E-state index in [1.54, 1.807) is 0 Å². The van der Waals surface area contributed by atoms with Crippen LogP contribution in [0.15, 0.2) is 127 Å². The summed E-state index contributed by atoms with van der Waals surface area (Å²) in [5, 5.41) is 5.32. The van der Waals surface area contributed by atoms with E-state index in [9.17, 15) is 0 Å². The summed E-state index contributed by atoms with van der Waals surface area (Å²) >= 11 is 1.92. The molecule has 9 rings (SSSR count). The summed E-state index contributed by atoms with van der Waals surface area (Å²) in [6.07, 6.45) is 0. The fourth-order valence-electron chi connectivity index (χ4n) is 7.13. The summed E-state index contributed by atoms with van der Waals surface area (Å²) in [6.45, 7) is 4.77. The van der Waals surface area contributed by atoms with Crippen LogP contribution in [0.1, 0.15) is 25.0 Å². The highest BCUT2D eigenvalue weighted by atomic mass is 32.1. The first-order valence-corrected chi connectivity index (χ1v) is 15.1. The number of rotatable bonds is 2. The summed E-state index contributed by atoms with van der Waals surface area (Å²) in [5.41, 5.74) is 11.8. The normalized spacial score (nSPS) is 13.8. The lowest BCUT2D eigenvalue weighted by Crippen LogP contribution is -2.14. The van der Waals surface area contributed by atoms with E-state index in [-0.39, 0.29) is 5.41 Å². The number of nitrogens with zero attached hydrogens (tertiary/aromatic N) is 1. The monoisotopic (exact) mass is 541 g/mol. The van der Waals surface area contributed by atoms with E-state index < -0.39 is 0 Å². The van der Waals surface area contributed by atoms with Crippen molar-refractivity contribution < 1.29 is 0 Å². The number of thiophene rings is 1. The number of aromatic nitrogens is 1. The van der Waals surface area contributed by atoms with Crippen LogP contribution < -0.4 is 0 Å². The Morgan fingerprint density at radius 1 is 0.488 bits per heavy atom. The average Bonchev–Trinajstić information content (AvgIpc) is 3.61. The molecule has 0 saturated carbocycles. The molecule has 0 bridgehead atoms. The maximum Gasteiger partial charge on any atom is 0.0555 e. The van der Waals surface area contributed by atoms with Crippen molar-refractivity contribution in [2.75, 3.05) is 0 Å². The van der Waals surface area contributed by atoms with Gasteiger partial charge in [0.05, 0.1) is 11.0 Å². The van der Waals surface area contributed by atoms with E-state index >= 15 is 0 Å². The molecular formula is C39H27NS. The van der Waals surface area contributed by atoms with Gasteiger partial charge in [-0.25, -0.2) is 0 Å². The van der Waals surface area contributed by atoms with Crippen LogP contribution in [0.5, 0.6) is 0 Å². The van der Waals surface area contributed by atoms with Gasteiger partial charge in [0.1, 0.15) is 0 Å². The van der Waals surface area contributed by atoms with Crippen molar-refractivity contribution in [3.8, 4) is 27.9 Å². The van der Waals surface area contributed by atoms with Crippen molar-refractivity contribution in [1.82, 2.24) is 4.57 Å². The number of fused-ring (bicyclic) bond motifs is 9. The Morgan fingerprint density at radius 2 is 1.17 bits per heavy atom. The summed E-state index contributed by atoms with van der Waals surface area (Å²) in [6, 6.07) is 47.1. The van der Waals surface area contributed by atoms with E-state index in [2.05, 4.69) is 146 Å². The van der Waals surface area contributed by atoms with Crippen molar-refractivity contribution >= 4 is 53.3 Å². The van der Waals surface area contributed by atoms with Crippen LogP contribution in [0.25, 0.3) is 69.9 Å². The van der Waals surface area contributed by atoms with Crippen LogP contribution in [-0.4, -0.2) is 4.57 Å². The molecule has 41 heavy (non-hydrogen) atoms. The number of hydrogen-bond donors (Lipinski definition) is 0. The van der Waals surface area contributed by atoms with Crippen molar-refractivity contribution in [3.63, 3.8) is 0 Å². The molecule has 0 unspecified atom stereocenters. The molecule has 0 amide bonds. The van der Waals surface area contributed by atoms with Crippen LogP contribution in [0.3, 0.4) is 0 Å². The number of benzene rings is 6. The van der Waals surface area contributed by atoms with Gasteiger partial charge in [0, 0.05) is 42.0 Å². The standard InChI is InChI=1S/C39H27NS/c1-39(2)33-19-25(24-11-5-3-6-12-24)17-18-27(33)29-20-31-32-21-30-28-15-9-10-16-35(28)40(26-13-7-4-8-14-26)36(30)23-38(32)41-37(31)22-34(29)39/h3-23H,1-2H3. The summed E-state index contributed by atoms with van der Waals surface area (Å²) in [4.78, 5) is 0. The molecule has 0 atom stereocenters. The molecule has 0 aliphatic heterocycles. The van der Waals surface area contributed by atoms with Gasteiger partial charge in [-0.15, -0.1) is 11.3 Å². The van der Waals surface area contributed by atoms with Gasteiger partial charge in [-0.1, -0.05) is 92.7 Å². The van der Waals surface area contributed by atoms with Crippen molar-refractivity contribution in [2.45, 2.75) is 19.3 Å². The molecule has 0 N–H and O–H groups in total. The third-order valence-corrected chi connectivity index (χ3v) is 10.3. The highest BCUT2D eigenvalue weighted by Crippen LogP contribution is 2.52. The molecule has 1 aliphatic rings. The first kappa shape index (κ1) is 23.1. The molecule has 1 nitrogen and oxygen atoms in total. The fourth-order valence-corrected chi connectivity index (χ4v) is 8.27. The van der Waals surface area contributed by atoms with Gasteiger partial charge in [-0.05, 0) is 81.9 Å². The van der Waals surface area contributed by atoms with Crippen molar-refractivity contribution in [2.24, 2.45) is 0 Å². The Balaban J connectivity index is 1.30. The molecule has 2 heteroatoms. The van der Waals surface area contributed by atoms with E-state index in [1.807, 2.05) is 11.3 Å². The summed E-state index contributed by atoms with van der Waals surface area (Å²) < 4.78 is 5.12. The van der Waals surface area contributed by atoms with E-state index in [1.165, 1.54) is 81.0 Å². The minimum absolute atomic E-state index is 0.0510. The molecule has 194 valence electrons. The van der Waals surface area contributed by atoms with Crippen LogP contribution in [0.2, 0.25) is 0 Å². The lowest BCUT2D eigenvalue weighted by atomic mass is 9.81. The first-order valence-electron chi connectivity index (χ1n) is 14.3. The maximum atomic E-state index is 2.48. The molecule has 0 fully saturated rings. The van der Waals surface area contributed by atoms with Gasteiger partial charge in [0.25, 0.3) is 0 Å². The van der Waals surface area contributed by atoms with Gasteiger partial charge in [-0.2, -0.15) is 0 Å². The first-order chi connectivity index (χ1) is 20.1. The molecule has 1 aliphatic carbocycles. The lowest BCUT2D eigenvalue weighted by Gasteiger charge is -2.22. The summed E-state index contributed by atoms with van der Waals surface area (Å²) in [5.74, 6) is 0. The number of para-hydroxylation sites is 2. The Hall–Kier alpha value is -4.66. The minimum atomic E-state index is -0.0510. The molecule has 6 aromatic carbocycles. The zero-order valence-corrected chi connectivity index (χ0v) is 23.8. The highest BCUT2D eigenvalue weighted by Gasteiger charge is 2.36. The second-order valence-electron chi connectivity index (χ2n) is 11.8. The predicted molar refractivity (Wildman–Crippen MR) is 177 cm³/mol. The zero-order valence-electron chi connectivity index (χ0n) is 23.0. The quantitative estimate of drug-likeness (QED) is 0.205. The largest absolute Gasteiger partial charge is 0.309 e. The van der Waals surface area contributed by atoms with Crippen LogP contribution >= 0.6 is 11.3 Å². The van der Waals surface area contributed by atoms with Crippen molar-refractivity contribution in [3.05, 3.63) is 139 Å². The van der Waals surface area contributed by atoms with Gasteiger partial charge >= 0.3 is 0 Å². The smallest absolute Gasteiger partial charge is 0.0555 e. The molecule has 0 spiro atoms. The van der Waals surface area contributed by atoms with E-state index in [4.69, 9.17) is 0 Å². The maximum absolute atomic E-state index is 2.48. The SMILES string of the molecule is CC1(C)c2cc(-c3ccccc3)ccc2-c2cc3c(cc21)sc1cc2c(cc13)c1ccccc1n2-c1ccccc1. The Labute approximate surface area is 242 Å². The Morgan fingerprint density at radius 3 is 2.00 bits per heavy atom. The Bertz CT molecular complexity index is 2320. The van der Waals surface area contributed by atoms with Crippen LogP contribution in [0.4, 0.5) is 0 Å². The third kappa shape index (κ3) is 3.17. The second-order valence-corrected chi connectivity index (χ2v) is 12.9. The topological polar surface area (TPSA) is 4.93 Å². The molecular weight excluding hydrogens is 515 g/mol. The van der Waals surface area contributed by atoms with Crippen molar-refractivity contribution in [1.29, 1.82) is 0 Å². The van der Waals surface area contributed by atoms with Crippen LogP contribution in [-0.2, 0) is 5.41 Å². The second kappa shape index (κ2) is 8.19. The highest BCUT2D eigenvalue weighted by molar-refractivity contribution is 7.25. The number of hydrogen-bond acceptors (Lipinski definition) is 1. The van der Waals surface area contributed by atoms with E-state index in [0.29, 0.717) is 0 Å². The fraction of sp³-hybridized carbons (Fsp3) is 0.0769. The van der Waals surface area contributed by atoms with Gasteiger partial charge in [0.2, 0.25) is 0 Å². The Kier molecular flexibility index (Phi) is 4.61. The zero-order chi connectivity index (χ0) is 27.3. The molecule has 2 heterocycles. The van der Waals surface area contributed by atoms with Crippen LogP contribution in [0, 0.1) is 0 Å². The van der Waals surface area contributed by atoms with E-state index in [0.717, 1.165) is 0 Å². The lowest BCUT2D eigenvalue weighted by molar-refractivity contribution is 0.661. The summed E-state index contributed by atoms with van der Waals surface area (Å²) in [7, 11) is 0. The molecule has 0 radical (unpaired) electrons. The average molecular weight is 542 g/mol. The van der Waals surface area contributed by atoms with Gasteiger partial charge < -0.3 is 4.57 Å². The predicted octanol–water partition coefficient (Wildman–Crippen LogP) is 11.1. The molecule has 8 aromatic rings. The van der Waals surface area contributed by atoms with Gasteiger partial charge in [0.15, 0.2) is 0 Å². The molecule has 2 aromatic heterocycles. The third-order valence-electron chi connectivity index (χ3n) is 9.18.